The quantitative estimate of drug-likeness (QED) is 0.0229. The highest BCUT2D eigenvalue weighted by molar-refractivity contribution is 7.66. The van der Waals surface area contributed by atoms with Crippen LogP contribution in [-0.2, 0) is 71.2 Å². The van der Waals surface area contributed by atoms with Crippen molar-refractivity contribution in [2.75, 3.05) is 52.1 Å². The number of aliphatic hydroxyl groups excluding tert-OH is 3. The van der Waals surface area contributed by atoms with Gasteiger partial charge in [0.15, 0.2) is 30.2 Å². The first-order valence-electron chi connectivity index (χ1n) is 21.7. The molecule has 0 aromatic carbocycles. The Balaban J connectivity index is 0.942. The fourth-order valence-corrected chi connectivity index (χ4v) is 13.2. The Morgan fingerprint density at radius 2 is 1.51 bits per heavy atom. The molecule has 0 radical (unpaired) electrons. The summed E-state index contributed by atoms with van der Waals surface area (Å²) in [5, 5.41) is 34.8. The number of aromatic amines is 2. The highest BCUT2D eigenvalue weighted by Gasteiger charge is 2.52. The topological polar surface area (TPSA) is 522 Å². The molecule has 41 heteroatoms. The molecule has 3 aliphatic heterocycles. The lowest BCUT2D eigenvalue weighted by Gasteiger charge is -2.32. The molecule has 3 fully saturated rings. The third-order valence-corrected chi connectivity index (χ3v) is 17.3. The number of hydrogen-bond donors (Lipinski definition) is 11. The number of rotatable bonds is 22. The molecular formula is C34H49N13O24P4. The lowest BCUT2D eigenvalue weighted by molar-refractivity contribution is -0.745. The van der Waals surface area contributed by atoms with Crippen LogP contribution in [0.2, 0.25) is 0 Å². The number of nitrogens with zero attached hydrogens (tertiary/aromatic N) is 8. The Hall–Kier alpha value is -4.62. The van der Waals surface area contributed by atoms with Crippen molar-refractivity contribution in [3.8, 4) is 0 Å². The van der Waals surface area contributed by atoms with Gasteiger partial charge in [0.1, 0.15) is 48.5 Å². The summed E-state index contributed by atoms with van der Waals surface area (Å²) in [6.07, 6.45) is -11.0. The van der Waals surface area contributed by atoms with Gasteiger partial charge in [-0.05, 0) is 6.42 Å². The molecule has 8 rings (SSSR count). The molecule has 37 nitrogen and oxygen atoms in total. The molecule has 5 aromatic rings. The Labute approximate surface area is 418 Å². The van der Waals surface area contributed by atoms with Crippen LogP contribution < -0.4 is 42.8 Å². The van der Waals surface area contributed by atoms with Gasteiger partial charge in [-0.3, -0.25) is 46.9 Å². The number of H-pyrrole nitrogens is 2. The number of nitrogen functional groups attached to an aromatic ring is 2. The number of anilines is 2. The summed E-state index contributed by atoms with van der Waals surface area (Å²) < 4.78 is 109. The smallest absolute Gasteiger partial charge is 0.490 e. The number of imidazole rings is 2. The standard InChI is InChI=1S/C34H49N13O24P4/c1-44-13-47(28-21(44)29(52)42-33(36)41-28)30-22(49)14(5-7-62-2)15(67-30)8-65-73(56,57)70-75(60,61)71-74(58,59)66-9-16-19(25(63-3)32(68-16)46-12-39-20-26(35)37-11-38-27(20)46)43-72(54,55)64-10-17-23(50)24(51)31(69-17)45-6-4-18(48)40-34(45)53/h4,6,11-17,19,22-25,30-32,49-51H,5,7-10H2,1-3H3,(H10-,35,36,37,38,40,41,42,43,48,52,53,54,55,56,57,58,59,60,61)/t14-,15-,16-,17-,19-,22-,23-,24-,25-,30-,31-,32-/m1/s1. The van der Waals surface area contributed by atoms with E-state index in [0.29, 0.717) is 0 Å². The highest BCUT2D eigenvalue weighted by Crippen LogP contribution is 2.68. The van der Waals surface area contributed by atoms with Crippen LogP contribution in [-0.4, -0.2) is 163 Å². The summed E-state index contributed by atoms with van der Waals surface area (Å²) >= 11 is 0. The predicted molar refractivity (Wildman–Crippen MR) is 242 cm³/mol. The van der Waals surface area contributed by atoms with Crippen LogP contribution in [0.25, 0.3) is 22.3 Å². The lowest BCUT2D eigenvalue weighted by Crippen LogP contribution is -2.47. The van der Waals surface area contributed by atoms with E-state index in [1.165, 1.54) is 34.2 Å². The molecule has 0 bridgehead atoms. The molecule has 5 aromatic heterocycles. The molecule has 75 heavy (non-hydrogen) atoms. The van der Waals surface area contributed by atoms with Crippen molar-refractivity contribution in [2.45, 2.75) is 73.9 Å². The maximum absolute atomic E-state index is 13.6. The van der Waals surface area contributed by atoms with E-state index in [-0.39, 0.29) is 47.1 Å². The van der Waals surface area contributed by atoms with E-state index in [4.69, 9.17) is 48.7 Å². The zero-order valence-corrected chi connectivity index (χ0v) is 42.5. The number of aromatic nitrogens is 10. The van der Waals surface area contributed by atoms with Gasteiger partial charge in [0.05, 0.1) is 45.3 Å². The van der Waals surface area contributed by atoms with Crippen LogP contribution in [0.3, 0.4) is 0 Å². The summed E-state index contributed by atoms with van der Waals surface area (Å²) in [4.78, 5) is 102. The molecule has 0 spiro atoms. The van der Waals surface area contributed by atoms with E-state index in [9.17, 15) is 67.5 Å². The molecule has 16 atom stereocenters. The number of ether oxygens (including phenoxy) is 5. The van der Waals surface area contributed by atoms with Crippen molar-refractivity contribution >= 4 is 65.3 Å². The van der Waals surface area contributed by atoms with Crippen LogP contribution in [0, 0.1) is 5.92 Å². The van der Waals surface area contributed by atoms with Crippen molar-refractivity contribution in [3.63, 3.8) is 0 Å². The van der Waals surface area contributed by atoms with E-state index in [2.05, 4.69) is 38.6 Å². The van der Waals surface area contributed by atoms with E-state index in [0.717, 1.165) is 36.6 Å². The zero-order chi connectivity index (χ0) is 54.5. The number of nitrogens with two attached hydrogens (primary N) is 2. The minimum Gasteiger partial charge on any atom is -0.766 e. The molecule has 4 unspecified atom stereocenters. The fraction of sp³-hybridized carbons (Fsp3) is 0.588. The molecule has 3 aliphatic rings. The van der Waals surface area contributed by atoms with Crippen molar-refractivity contribution in [1.82, 2.24) is 48.7 Å². The molecule has 8 heterocycles. The molecule has 0 saturated carbocycles. The third-order valence-electron chi connectivity index (χ3n) is 11.9. The Morgan fingerprint density at radius 1 is 0.840 bits per heavy atom. The van der Waals surface area contributed by atoms with E-state index in [1.807, 2.05) is 4.98 Å². The van der Waals surface area contributed by atoms with Gasteiger partial charge in [0.25, 0.3) is 17.1 Å². The Morgan fingerprint density at radius 3 is 2.17 bits per heavy atom. The molecule has 3 saturated heterocycles. The second-order valence-electron chi connectivity index (χ2n) is 16.8. The highest BCUT2D eigenvalue weighted by atomic mass is 31.3. The van der Waals surface area contributed by atoms with Gasteiger partial charge in [-0.1, -0.05) is 4.98 Å². The summed E-state index contributed by atoms with van der Waals surface area (Å²) in [5.41, 5.74) is 9.37. The number of fused-ring (bicyclic) bond motifs is 2. The van der Waals surface area contributed by atoms with Crippen molar-refractivity contribution in [2.24, 2.45) is 13.0 Å². The molecular weight excluding hydrogens is 1100 g/mol. The Bertz CT molecular complexity index is 3280. The fourth-order valence-electron chi connectivity index (χ4n) is 8.60. The predicted octanol–water partition coefficient (Wildman–Crippen LogP) is -4.64. The minimum atomic E-state index is -6.17. The van der Waals surface area contributed by atoms with Crippen molar-refractivity contribution in [1.29, 1.82) is 0 Å². The van der Waals surface area contributed by atoms with Gasteiger partial charge in [-0.25, -0.2) is 43.1 Å². The van der Waals surface area contributed by atoms with Gasteiger partial charge >= 0.3 is 34.8 Å². The summed E-state index contributed by atoms with van der Waals surface area (Å²) in [7, 11) is -19.4. The lowest BCUT2D eigenvalue weighted by atomic mass is 9.95. The van der Waals surface area contributed by atoms with Crippen LogP contribution in [0.4, 0.5) is 11.8 Å². The largest absolute Gasteiger partial charge is 0.766 e. The van der Waals surface area contributed by atoms with Gasteiger partial charge < -0.3 is 74.6 Å². The second-order valence-corrected chi connectivity index (χ2v) is 22.9. The second kappa shape index (κ2) is 22.0. The van der Waals surface area contributed by atoms with Crippen LogP contribution >= 0.6 is 31.2 Å². The van der Waals surface area contributed by atoms with Crippen molar-refractivity contribution < 1.29 is 104 Å². The maximum Gasteiger partial charge on any atom is 0.490 e. The number of methoxy groups -OCH3 is 2. The first kappa shape index (κ1) is 56.6. The Kier molecular flexibility index (Phi) is 16.6. The molecule has 0 amide bonds. The van der Waals surface area contributed by atoms with E-state index < -0.39 is 141 Å². The summed E-state index contributed by atoms with van der Waals surface area (Å²) in [6, 6.07) is -0.786. The number of aryl methyl sites for hydroxylation is 1. The number of aliphatic hydroxyl groups is 3. The average molecular weight is 1150 g/mol. The van der Waals surface area contributed by atoms with E-state index in [1.54, 1.807) is 0 Å². The number of nitrogens with one attached hydrogen (secondary N) is 3. The molecule has 13 N–H and O–H groups in total. The van der Waals surface area contributed by atoms with Gasteiger partial charge in [-0.15, -0.1) is 0 Å². The average Bonchev–Trinajstić information content (AvgIpc) is 4.12. The van der Waals surface area contributed by atoms with Gasteiger partial charge in [0, 0.05) is 39.0 Å². The normalized spacial score (nSPS) is 30.4. The number of phosphoric acid groups is 3. The number of phosphoric ester groups is 2. The first-order valence-corrected chi connectivity index (χ1v) is 27.7. The van der Waals surface area contributed by atoms with Gasteiger partial charge in [0.2, 0.25) is 19.5 Å². The first-order chi connectivity index (χ1) is 35.2. The van der Waals surface area contributed by atoms with Crippen LogP contribution in [0.15, 0.2) is 45.6 Å². The van der Waals surface area contributed by atoms with Gasteiger partial charge in [-0.2, -0.15) is 8.62 Å². The third kappa shape index (κ3) is 12.2. The summed E-state index contributed by atoms with van der Waals surface area (Å²) in [5.74, 6) is -1.28. The van der Waals surface area contributed by atoms with Crippen LogP contribution in [0.1, 0.15) is 25.1 Å². The SMILES string of the molecule is COCC[C@H]1[C@@H](O)[C@H]([n+]2cn(C)c3c(=O)[nH]c(N)nc32)O[C@@H]1COP(=O)(O)OP(=O)(O)OP(=O)(O)OC[C@H]1O[C@@H](n2cnc3c(N)ncnc32)[C@H](OC)[C@@H]1NP(=O)([O-])OC[C@H]1O[C@@H](n2ccc(=O)[nH]c2=O)[C@H](O)[C@@H]1O. The summed E-state index contributed by atoms with van der Waals surface area (Å²) in [6.45, 7) is -3.13. The maximum atomic E-state index is 13.6. The zero-order valence-electron chi connectivity index (χ0n) is 38.9. The monoisotopic (exact) mass is 1150 g/mol. The van der Waals surface area contributed by atoms with E-state index >= 15 is 0 Å². The van der Waals surface area contributed by atoms with Crippen LogP contribution in [0.5, 0.6) is 0 Å². The number of hydrogen-bond acceptors (Lipinski definition) is 27. The minimum absolute atomic E-state index is 0.00759. The molecule has 0 aliphatic carbocycles. The van der Waals surface area contributed by atoms with Crippen molar-refractivity contribution in [3.05, 3.63) is 62.4 Å². The molecule has 414 valence electrons.